The molecule has 0 aromatic carbocycles. The molecule has 0 aliphatic carbocycles. The number of carbonyl (C=O) groups excluding carboxylic acids is 1. The first-order valence-corrected chi connectivity index (χ1v) is 3.76. The fourth-order valence-corrected chi connectivity index (χ4v) is 1.22. The van der Waals surface area contributed by atoms with Crippen LogP contribution < -0.4 is 5.32 Å². The molecule has 3 nitrogen and oxygen atoms in total. The summed E-state index contributed by atoms with van der Waals surface area (Å²) in [6.45, 7) is 1.88. The topological polar surface area (TPSA) is 42.0 Å². The van der Waals surface area contributed by atoms with E-state index in [1.54, 1.807) is 12.6 Å². The first-order valence-electron chi connectivity index (χ1n) is 2.88. The summed E-state index contributed by atoms with van der Waals surface area (Å²) < 4.78 is 0. The summed E-state index contributed by atoms with van der Waals surface area (Å²) in [6.07, 6.45) is 0. The third-order valence-electron chi connectivity index (χ3n) is 1.19. The van der Waals surface area contributed by atoms with Crippen LogP contribution in [0, 0.1) is 6.92 Å². The molecule has 1 aromatic rings. The second-order valence-corrected chi connectivity index (χ2v) is 2.90. The monoisotopic (exact) mass is 156 g/mol. The zero-order valence-electron chi connectivity index (χ0n) is 5.84. The number of aromatic nitrogens is 1. The van der Waals surface area contributed by atoms with Crippen LogP contribution in [0.25, 0.3) is 0 Å². The highest BCUT2D eigenvalue weighted by molar-refractivity contribution is 7.09. The Bertz CT molecular complexity index is 244. The fraction of sp³-hybridized carbons (Fsp3) is 0.333. The van der Waals surface area contributed by atoms with E-state index in [4.69, 9.17) is 0 Å². The molecule has 0 radical (unpaired) electrons. The van der Waals surface area contributed by atoms with Gasteiger partial charge in [0, 0.05) is 11.9 Å². The minimum atomic E-state index is -0.112. The van der Waals surface area contributed by atoms with Gasteiger partial charge in [-0.05, 0) is 6.92 Å². The van der Waals surface area contributed by atoms with Crippen LogP contribution in [0.3, 0.4) is 0 Å². The average molecular weight is 156 g/mol. The van der Waals surface area contributed by atoms with Gasteiger partial charge in [-0.1, -0.05) is 0 Å². The molecule has 1 N–H and O–H groups in total. The molecule has 0 spiro atoms. The lowest BCUT2D eigenvalue weighted by molar-refractivity contribution is 0.0958. The molecule has 0 aliphatic heterocycles. The maximum atomic E-state index is 10.9. The van der Waals surface area contributed by atoms with E-state index in [9.17, 15) is 4.79 Å². The van der Waals surface area contributed by atoms with E-state index in [1.165, 1.54) is 11.3 Å². The number of rotatable bonds is 1. The van der Waals surface area contributed by atoms with Crippen molar-refractivity contribution in [3.63, 3.8) is 0 Å². The molecule has 0 fully saturated rings. The van der Waals surface area contributed by atoms with E-state index in [-0.39, 0.29) is 5.91 Å². The highest BCUT2D eigenvalue weighted by Crippen LogP contribution is 2.09. The maximum absolute atomic E-state index is 10.9. The lowest BCUT2D eigenvalue weighted by Gasteiger charge is -1.93. The summed E-state index contributed by atoms with van der Waals surface area (Å²) in [5, 5.41) is 2.51. The molecule has 1 rings (SSSR count). The van der Waals surface area contributed by atoms with Gasteiger partial charge in [-0.25, -0.2) is 4.98 Å². The number of amides is 1. The lowest BCUT2D eigenvalue weighted by atomic mass is 10.4. The van der Waals surface area contributed by atoms with Gasteiger partial charge in [-0.15, -0.1) is 11.3 Å². The van der Waals surface area contributed by atoms with Crippen molar-refractivity contribution in [2.45, 2.75) is 6.92 Å². The first-order chi connectivity index (χ1) is 4.75. The molecule has 4 heteroatoms. The van der Waals surface area contributed by atoms with Crippen LogP contribution in [0.2, 0.25) is 0 Å². The number of carbonyl (C=O) groups is 1. The smallest absolute Gasteiger partial charge is 0.270 e. The lowest BCUT2D eigenvalue weighted by Crippen LogP contribution is -2.18. The number of nitrogens with zero attached hydrogens (tertiary/aromatic N) is 1. The van der Waals surface area contributed by atoms with Crippen LogP contribution in [-0.2, 0) is 0 Å². The Balaban J connectivity index is 2.93. The second-order valence-electron chi connectivity index (χ2n) is 1.84. The Morgan fingerprint density at radius 1 is 1.80 bits per heavy atom. The van der Waals surface area contributed by atoms with E-state index in [1.807, 2.05) is 6.92 Å². The van der Waals surface area contributed by atoms with Crippen molar-refractivity contribution in [3.05, 3.63) is 16.1 Å². The van der Waals surface area contributed by atoms with Gasteiger partial charge in [0.15, 0.2) is 0 Å². The van der Waals surface area contributed by atoms with E-state index in [0.29, 0.717) is 5.69 Å². The van der Waals surface area contributed by atoms with Crippen LogP contribution in [0.15, 0.2) is 5.51 Å². The molecule has 0 atom stereocenters. The summed E-state index contributed by atoms with van der Waals surface area (Å²) in [4.78, 5) is 15.8. The molecule has 0 unspecified atom stereocenters. The van der Waals surface area contributed by atoms with Gasteiger partial charge in [0.05, 0.1) is 5.51 Å². The van der Waals surface area contributed by atoms with E-state index < -0.39 is 0 Å². The quantitative estimate of drug-likeness (QED) is 0.653. The van der Waals surface area contributed by atoms with Gasteiger partial charge >= 0.3 is 0 Å². The predicted octanol–water partition coefficient (Wildman–Crippen LogP) is 0.811. The fourth-order valence-electron chi connectivity index (χ4n) is 0.642. The summed E-state index contributed by atoms with van der Waals surface area (Å²) in [5.74, 6) is -0.112. The summed E-state index contributed by atoms with van der Waals surface area (Å²) in [7, 11) is 1.60. The van der Waals surface area contributed by atoms with E-state index in [0.717, 1.165) is 4.88 Å². The van der Waals surface area contributed by atoms with Crippen molar-refractivity contribution in [1.29, 1.82) is 0 Å². The Labute approximate surface area is 63.1 Å². The molecule has 0 saturated carbocycles. The number of aryl methyl sites for hydroxylation is 1. The highest BCUT2D eigenvalue weighted by atomic mass is 32.1. The average Bonchev–Trinajstić information content (AvgIpc) is 2.34. The number of nitrogens with one attached hydrogen (secondary N) is 1. The Kier molecular flexibility index (Phi) is 2.01. The molecule has 1 heterocycles. The third kappa shape index (κ3) is 1.16. The SMILES string of the molecule is CNC(=O)c1ncsc1C. The van der Waals surface area contributed by atoms with Crippen molar-refractivity contribution < 1.29 is 4.79 Å². The van der Waals surface area contributed by atoms with Crippen LogP contribution >= 0.6 is 11.3 Å². The van der Waals surface area contributed by atoms with Crippen LogP contribution in [-0.4, -0.2) is 17.9 Å². The maximum Gasteiger partial charge on any atom is 0.270 e. The van der Waals surface area contributed by atoms with Gasteiger partial charge in [-0.3, -0.25) is 4.79 Å². The van der Waals surface area contributed by atoms with Gasteiger partial charge in [0.1, 0.15) is 5.69 Å². The molecular weight excluding hydrogens is 148 g/mol. The molecule has 0 saturated heterocycles. The Hall–Kier alpha value is -0.900. The molecule has 1 aromatic heterocycles. The molecular formula is C6H8N2OS. The van der Waals surface area contributed by atoms with Gasteiger partial charge < -0.3 is 5.32 Å². The third-order valence-corrected chi connectivity index (χ3v) is 1.94. The number of thiazole rings is 1. The van der Waals surface area contributed by atoms with Crippen molar-refractivity contribution in [2.24, 2.45) is 0 Å². The normalized spacial score (nSPS) is 9.40. The van der Waals surface area contributed by atoms with Crippen LogP contribution in [0.5, 0.6) is 0 Å². The summed E-state index contributed by atoms with van der Waals surface area (Å²) in [5.41, 5.74) is 2.20. The van der Waals surface area contributed by atoms with Gasteiger partial charge in [0.25, 0.3) is 5.91 Å². The zero-order chi connectivity index (χ0) is 7.56. The minimum Gasteiger partial charge on any atom is -0.354 e. The largest absolute Gasteiger partial charge is 0.354 e. The number of hydrogen-bond acceptors (Lipinski definition) is 3. The van der Waals surface area contributed by atoms with E-state index >= 15 is 0 Å². The summed E-state index contributed by atoms with van der Waals surface area (Å²) in [6, 6.07) is 0. The standard InChI is InChI=1S/C6H8N2OS/c1-4-5(6(9)7-2)8-3-10-4/h3H,1-2H3,(H,7,9). The van der Waals surface area contributed by atoms with Crippen LogP contribution in [0.4, 0.5) is 0 Å². The van der Waals surface area contributed by atoms with Crippen molar-refractivity contribution >= 4 is 17.2 Å². The molecule has 54 valence electrons. The minimum absolute atomic E-state index is 0.112. The van der Waals surface area contributed by atoms with Crippen molar-refractivity contribution in [1.82, 2.24) is 10.3 Å². The zero-order valence-corrected chi connectivity index (χ0v) is 6.66. The second kappa shape index (κ2) is 2.79. The highest BCUT2D eigenvalue weighted by Gasteiger charge is 2.08. The Morgan fingerprint density at radius 2 is 2.50 bits per heavy atom. The first kappa shape index (κ1) is 7.21. The van der Waals surface area contributed by atoms with E-state index in [2.05, 4.69) is 10.3 Å². The Morgan fingerprint density at radius 3 is 2.90 bits per heavy atom. The molecule has 10 heavy (non-hydrogen) atoms. The summed E-state index contributed by atoms with van der Waals surface area (Å²) >= 11 is 1.48. The van der Waals surface area contributed by atoms with Crippen molar-refractivity contribution in [3.8, 4) is 0 Å². The molecule has 1 amide bonds. The predicted molar refractivity (Wildman–Crippen MR) is 40.2 cm³/mol. The van der Waals surface area contributed by atoms with Crippen LogP contribution in [0.1, 0.15) is 15.4 Å². The molecule has 0 aliphatic rings. The van der Waals surface area contributed by atoms with Gasteiger partial charge in [-0.2, -0.15) is 0 Å². The van der Waals surface area contributed by atoms with Gasteiger partial charge in [0.2, 0.25) is 0 Å². The number of hydrogen-bond donors (Lipinski definition) is 1. The van der Waals surface area contributed by atoms with Crippen molar-refractivity contribution in [2.75, 3.05) is 7.05 Å². The molecule has 0 bridgehead atoms.